The zero-order valence-electron chi connectivity index (χ0n) is 8.52. The molecule has 1 aromatic heterocycles. The van der Waals surface area contributed by atoms with Crippen LogP contribution in [0, 0.1) is 11.6 Å². The maximum atomic E-state index is 13.8. The highest BCUT2D eigenvalue weighted by molar-refractivity contribution is 5.89. The number of hydrogen-bond donors (Lipinski definition) is 1. The number of aromatic carboxylic acids is 1. The fraction of sp³-hybridized carbons (Fsp3) is 0. The van der Waals surface area contributed by atoms with E-state index in [0.29, 0.717) is 5.56 Å². The standard InChI is InChI=1S/C12H7F2NO2/c13-8-3-1-7(2-4-8)11-10(14)9(12(16)17)5-6-15-11/h1-6H,(H,16,17). The average molecular weight is 235 g/mol. The van der Waals surface area contributed by atoms with E-state index in [4.69, 9.17) is 5.11 Å². The molecule has 2 rings (SSSR count). The molecule has 86 valence electrons. The number of rotatable bonds is 2. The van der Waals surface area contributed by atoms with Crippen LogP contribution in [0.3, 0.4) is 0 Å². The summed E-state index contributed by atoms with van der Waals surface area (Å²) in [6.07, 6.45) is 1.20. The summed E-state index contributed by atoms with van der Waals surface area (Å²) >= 11 is 0. The molecular weight excluding hydrogens is 228 g/mol. The lowest BCUT2D eigenvalue weighted by Gasteiger charge is -2.04. The Morgan fingerprint density at radius 3 is 2.35 bits per heavy atom. The van der Waals surface area contributed by atoms with Gasteiger partial charge >= 0.3 is 5.97 Å². The number of benzene rings is 1. The largest absolute Gasteiger partial charge is 0.478 e. The second-order valence-electron chi connectivity index (χ2n) is 3.33. The summed E-state index contributed by atoms with van der Waals surface area (Å²) in [7, 11) is 0. The third-order valence-corrected chi connectivity index (χ3v) is 2.24. The van der Waals surface area contributed by atoms with Crippen LogP contribution in [0.1, 0.15) is 10.4 Å². The van der Waals surface area contributed by atoms with Gasteiger partial charge in [0.15, 0.2) is 5.82 Å². The monoisotopic (exact) mass is 235 g/mol. The van der Waals surface area contributed by atoms with Crippen LogP contribution >= 0.6 is 0 Å². The minimum absolute atomic E-state index is 0.107. The number of hydrogen-bond acceptors (Lipinski definition) is 2. The number of aromatic nitrogens is 1. The molecule has 0 fully saturated rings. The van der Waals surface area contributed by atoms with Gasteiger partial charge in [0.2, 0.25) is 0 Å². The molecular formula is C12H7F2NO2. The van der Waals surface area contributed by atoms with Crippen LogP contribution in [0.4, 0.5) is 8.78 Å². The van der Waals surface area contributed by atoms with Gasteiger partial charge in [0, 0.05) is 11.8 Å². The normalized spacial score (nSPS) is 10.2. The average Bonchev–Trinajstić information content (AvgIpc) is 2.30. The minimum Gasteiger partial charge on any atom is -0.478 e. The summed E-state index contributed by atoms with van der Waals surface area (Å²) in [5.74, 6) is -2.75. The molecule has 0 aliphatic carbocycles. The molecule has 3 nitrogen and oxygen atoms in total. The van der Waals surface area contributed by atoms with E-state index >= 15 is 0 Å². The third-order valence-electron chi connectivity index (χ3n) is 2.24. The first-order valence-electron chi connectivity index (χ1n) is 4.73. The van der Waals surface area contributed by atoms with E-state index in [-0.39, 0.29) is 5.69 Å². The fourth-order valence-corrected chi connectivity index (χ4v) is 1.42. The van der Waals surface area contributed by atoms with Gasteiger partial charge in [-0.2, -0.15) is 0 Å². The first-order chi connectivity index (χ1) is 8.09. The van der Waals surface area contributed by atoms with Gasteiger partial charge in [0.05, 0.1) is 5.56 Å². The second kappa shape index (κ2) is 4.29. The quantitative estimate of drug-likeness (QED) is 0.870. The highest BCUT2D eigenvalue weighted by Gasteiger charge is 2.15. The number of carbonyl (C=O) groups is 1. The van der Waals surface area contributed by atoms with Crippen molar-refractivity contribution in [2.45, 2.75) is 0 Å². The van der Waals surface area contributed by atoms with Crippen molar-refractivity contribution >= 4 is 5.97 Å². The van der Waals surface area contributed by atoms with Gasteiger partial charge in [-0.05, 0) is 30.3 Å². The molecule has 0 aliphatic rings. The molecule has 0 saturated carbocycles. The molecule has 0 saturated heterocycles. The Bertz CT molecular complexity index is 567. The molecule has 0 atom stereocenters. The van der Waals surface area contributed by atoms with E-state index in [1.165, 1.54) is 18.3 Å². The van der Waals surface area contributed by atoms with Crippen LogP contribution in [0.25, 0.3) is 11.3 Å². The topological polar surface area (TPSA) is 50.2 Å². The van der Waals surface area contributed by atoms with Crippen molar-refractivity contribution in [3.05, 3.63) is 53.7 Å². The number of nitrogens with zero attached hydrogens (tertiary/aromatic N) is 1. The Labute approximate surface area is 95.4 Å². The molecule has 5 heteroatoms. The van der Waals surface area contributed by atoms with Crippen LogP contribution in [-0.2, 0) is 0 Å². The Hall–Kier alpha value is -2.30. The number of carboxylic acids is 1. The summed E-state index contributed by atoms with van der Waals surface area (Å²) in [5.41, 5.74) is -0.240. The molecule has 1 heterocycles. The van der Waals surface area contributed by atoms with Gasteiger partial charge in [0.1, 0.15) is 11.5 Å². The van der Waals surface area contributed by atoms with Gasteiger partial charge in [-0.1, -0.05) is 0 Å². The zero-order valence-corrected chi connectivity index (χ0v) is 8.52. The van der Waals surface area contributed by atoms with Crippen LogP contribution in [0.2, 0.25) is 0 Å². The van der Waals surface area contributed by atoms with E-state index in [1.54, 1.807) is 0 Å². The van der Waals surface area contributed by atoms with Crippen molar-refractivity contribution in [1.29, 1.82) is 0 Å². The molecule has 0 aliphatic heterocycles. The molecule has 0 radical (unpaired) electrons. The lowest BCUT2D eigenvalue weighted by molar-refractivity contribution is 0.0692. The van der Waals surface area contributed by atoms with Gasteiger partial charge in [-0.25, -0.2) is 13.6 Å². The van der Waals surface area contributed by atoms with Crippen molar-refractivity contribution < 1.29 is 18.7 Å². The van der Waals surface area contributed by atoms with Crippen molar-refractivity contribution in [1.82, 2.24) is 4.98 Å². The van der Waals surface area contributed by atoms with E-state index in [1.807, 2.05) is 0 Å². The summed E-state index contributed by atoms with van der Waals surface area (Å²) in [6.45, 7) is 0. The molecule has 0 spiro atoms. The van der Waals surface area contributed by atoms with Crippen molar-refractivity contribution in [3.8, 4) is 11.3 Å². The van der Waals surface area contributed by atoms with Gasteiger partial charge < -0.3 is 5.11 Å². The maximum absolute atomic E-state index is 13.8. The second-order valence-corrected chi connectivity index (χ2v) is 3.33. The summed E-state index contributed by atoms with van der Waals surface area (Å²) in [6, 6.07) is 6.07. The third kappa shape index (κ3) is 2.13. The minimum atomic E-state index is -1.37. The van der Waals surface area contributed by atoms with Gasteiger partial charge in [-0.3, -0.25) is 4.98 Å². The summed E-state index contributed by atoms with van der Waals surface area (Å²) < 4.78 is 26.5. The number of halogens is 2. The predicted molar refractivity (Wildman–Crippen MR) is 56.5 cm³/mol. The summed E-state index contributed by atoms with van der Waals surface area (Å²) in [5, 5.41) is 8.75. The van der Waals surface area contributed by atoms with Crippen LogP contribution in [0.15, 0.2) is 36.5 Å². The predicted octanol–water partition coefficient (Wildman–Crippen LogP) is 2.73. The molecule has 0 unspecified atom stereocenters. The van der Waals surface area contributed by atoms with Crippen LogP contribution in [0.5, 0.6) is 0 Å². The van der Waals surface area contributed by atoms with Crippen molar-refractivity contribution in [3.63, 3.8) is 0 Å². The first kappa shape index (κ1) is 11.2. The highest BCUT2D eigenvalue weighted by Crippen LogP contribution is 2.22. The maximum Gasteiger partial charge on any atom is 0.338 e. The molecule has 2 aromatic rings. The van der Waals surface area contributed by atoms with Gasteiger partial charge in [0.25, 0.3) is 0 Å². The van der Waals surface area contributed by atoms with E-state index in [0.717, 1.165) is 18.2 Å². The number of carboxylic acid groups (broad SMARTS) is 1. The zero-order chi connectivity index (χ0) is 12.4. The van der Waals surface area contributed by atoms with Crippen LogP contribution in [-0.4, -0.2) is 16.1 Å². The molecule has 1 N–H and O–H groups in total. The lowest BCUT2D eigenvalue weighted by Crippen LogP contribution is -2.03. The van der Waals surface area contributed by atoms with E-state index in [2.05, 4.69) is 4.98 Å². The number of pyridine rings is 1. The highest BCUT2D eigenvalue weighted by atomic mass is 19.1. The van der Waals surface area contributed by atoms with E-state index < -0.39 is 23.2 Å². The van der Waals surface area contributed by atoms with E-state index in [9.17, 15) is 13.6 Å². The Morgan fingerprint density at radius 1 is 1.12 bits per heavy atom. The molecule has 17 heavy (non-hydrogen) atoms. The van der Waals surface area contributed by atoms with Crippen molar-refractivity contribution in [2.75, 3.05) is 0 Å². The Kier molecular flexibility index (Phi) is 2.82. The SMILES string of the molecule is O=C(O)c1ccnc(-c2ccc(F)cc2)c1F. The smallest absolute Gasteiger partial charge is 0.338 e. The molecule has 0 bridgehead atoms. The Morgan fingerprint density at radius 2 is 1.76 bits per heavy atom. The van der Waals surface area contributed by atoms with Crippen molar-refractivity contribution in [2.24, 2.45) is 0 Å². The van der Waals surface area contributed by atoms with Gasteiger partial charge in [-0.15, -0.1) is 0 Å². The first-order valence-corrected chi connectivity index (χ1v) is 4.73. The molecule has 1 aromatic carbocycles. The lowest BCUT2D eigenvalue weighted by atomic mass is 10.1. The summed E-state index contributed by atoms with van der Waals surface area (Å²) in [4.78, 5) is 14.5. The molecule has 0 amide bonds. The van der Waals surface area contributed by atoms with Crippen LogP contribution < -0.4 is 0 Å². The Balaban J connectivity index is 2.56. The fourth-order valence-electron chi connectivity index (χ4n) is 1.42.